The Morgan fingerprint density at radius 1 is 1.26 bits per heavy atom. The molecule has 0 fully saturated rings. The molecule has 1 unspecified atom stereocenters. The lowest BCUT2D eigenvalue weighted by Gasteiger charge is -2.14. The molecule has 0 saturated carbocycles. The van der Waals surface area contributed by atoms with Gasteiger partial charge in [0.05, 0.1) is 15.7 Å². The van der Waals surface area contributed by atoms with Gasteiger partial charge in [-0.3, -0.25) is 9.32 Å². The van der Waals surface area contributed by atoms with Crippen LogP contribution in [-0.4, -0.2) is 29.8 Å². The van der Waals surface area contributed by atoms with E-state index in [9.17, 15) is 28.5 Å². The highest BCUT2D eigenvalue weighted by Gasteiger charge is 2.32. The number of nitrogens with two attached hydrogens (primary N) is 2. The number of thioether (sulfide) groups is 1. The number of aryl methyl sites for hydroxylation is 1. The van der Waals surface area contributed by atoms with Gasteiger partial charge in [0, 0.05) is 5.69 Å². The van der Waals surface area contributed by atoms with E-state index in [0.29, 0.717) is 5.69 Å². The first-order valence-corrected chi connectivity index (χ1v) is 11.7. The molecule has 174 valence electrons. The molecule has 6 N–H and O–H groups in total. The highest BCUT2D eigenvalue weighted by atomic mass is 32.2. The van der Waals surface area contributed by atoms with E-state index in [0.717, 1.165) is 11.8 Å². The predicted octanol–water partition coefficient (Wildman–Crippen LogP) is -0.0533. The summed E-state index contributed by atoms with van der Waals surface area (Å²) in [6.45, 7) is 1.54. The molecule has 1 aromatic carbocycles. The average Bonchev–Trinajstić information content (AvgIpc) is 3.10. The number of sulfonamides is 1. The largest absolute Gasteiger partial charge is 0.435 e. The van der Waals surface area contributed by atoms with Crippen molar-refractivity contribution < 1.29 is 22.4 Å². The van der Waals surface area contributed by atoms with Gasteiger partial charge < -0.3 is 11.1 Å². The second-order valence-corrected chi connectivity index (χ2v) is 9.75. The van der Waals surface area contributed by atoms with Gasteiger partial charge in [0.25, 0.3) is 0 Å². The maximum atomic E-state index is 12.7. The minimum absolute atomic E-state index is 0.0295. The molecule has 0 radical (unpaired) electrons. The predicted molar refractivity (Wildman–Crippen MR) is 119 cm³/mol. The molecular weight excluding hydrogens is 484 g/mol. The fourth-order valence-corrected chi connectivity index (χ4v) is 4.36. The molecule has 13 nitrogen and oxygen atoms in total. The number of pyridine rings is 1. The normalized spacial score (nSPS) is 11.9. The van der Waals surface area contributed by atoms with E-state index in [1.54, 1.807) is 6.92 Å². The lowest BCUT2D eigenvalue weighted by Crippen LogP contribution is -2.34. The van der Waals surface area contributed by atoms with Gasteiger partial charge in [0.1, 0.15) is 34.1 Å². The standard InChI is InChI=1S/C19H16N8O5S2/c1-9(17(28)24-10-3-5-11(6-4-10)34(23,30)31)33-18-13(8-21)14(12(7-20)16(22)25-18)15-19(29)32-26-27(15)2/h3-6,9H,1-2H3,(H5-,22,23,24,25,26,28,29,30,31)/p+1. The number of nitrogens with zero attached hydrogens (tertiary/aromatic N) is 4. The maximum absolute atomic E-state index is 12.7. The molecule has 0 saturated heterocycles. The summed E-state index contributed by atoms with van der Waals surface area (Å²) in [5.41, 5.74) is 4.91. The van der Waals surface area contributed by atoms with Crippen molar-refractivity contribution in [3.63, 3.8) is 0 Å². The van der Waals surface area contributed by atoms with Gasteiger partial charge >= 0.3 is 11.3 Å². The van der Waals surface area contributed by atoms with Gasteiger partial charge in [-0.15, -0.1) is 0 Å². The number of amides is 1. The minimum Gasteiger partial charge on any atom is -0.383 e. The quantitative estimate of drug-likeness (QED) is 0.260. The number of carbonyl (C=O) groups excluding carboxylic acids is 1. The second-order valence-electron chi connectivity index (χ2n) is 6.86. The summed E-state index contributed by atoms with van der Waals surface area (Å²) in [6, 6.07) is 9.00. The van der Waals surface area contributed by atoms with Crippen molar-refractivity contribution in [2.45, 2.75) is 22.1 Å². The Balaban J connectivity index is 1.95. The van der Waals surface area contributed by atoms with Crippen LogP contribution in [0, 0.1) is 22.7 Å². The second kappa shape index (κ2) is 9.36. The highest BCUT2D eigenvalue weighted by molar-refractivity contribution is 8.00. The van der Waals surface area contributed by atoms with Gasteiger partial charge in [-0.1, -0.05) is 16.4 Å². The summed E-state index contributed by atoms with van der Waals surface area (Å²) < 4.78 is 28.6. The number of nitrogens with one attached hydrogen (secondary N) is 2. The molecule has 0 aliphatic carbocycles. The van der Waals surface area contributed by atoms with Crippen LogP contribution in [0.1, 0.15) is 18.1 Å². The first kappa shape index (κ1) is 24.5. The van der Waals surface area contributed by atoms with Crippen molar-refractivity contribution >= 4 is 39.2 Å². The Morgan fingerprint density at radius 3 is 2.38 bits per heavy atom. The fraction of sp³-hybridized carbons (Fsp3) is 0.158. The summed E-state index contributed by atoms with van der Waals surface area (Å²) >= 11 is 0.883. The topological polar surface area (TPSA) is 226 Å². The van der Waals surface area contributed by atoms with Crippen molar-refractivity contribution in [2.24, 2.45) is 12.2 Å². The number of anilines is 2. The van der Waals surface area contributed by atoms with Crippen molar-refractivity contribution in [1.82, 2.24) is 10.3 Å². The molecule has 2 heterocycles. The van der Waals surface area contributed by atoms with E-state index in [1.807, 2.05) is 12.1 Å². The molecule has 3 rings (SSSR count). The van der Waals surface area contributed by atoms with E-state index in [2.05, 4.69) is 15.6 Å². The summed E-state index contributed by atoms with van der Waals surface area (Å²) in [6.07, 6.45) is 0. The highest BCUT2D eigenvalue weighted by Crippen LogP contribution is 2.35. The van der Waals surface area contributed by atoms with Crippen LogP contribution in [0.2, 0.25) is 0 Å². The van der Waals surface area contributed by atoms with E-state index in [1.165, 1.54) is 36.0 Å². The van der Waals surface area contributed by atoms with E-state index < -0.39 is 26.8 Å². The number of aromatic nitrogens is 3. The van der Waals surface area contributed by atoms with Gasteiger partial charge in [0.2, 0.25) is 15.9 Å². The molecular formula is C19H17N8O5S2+. The Labute approximate surface area is 197 Å². The first-order valence-electron chi connectivity index (χ1n) is 9.29. The Kier molecular flexibility index (Phi) is 6.73. The van der Waals surface area contributed by atoms with Gasteiger partial charge in [0.15, 0.2) is 7.05 Å². The third-order valence-electron chi connectivity index (χ3n) is 4.56. The molecule has 1 amide bonds. The Morgan fingerprint density at radius 2 is 1.88 bits per heavy atom. The Bertz CT molecular complexity index is 1530. The number of primary sulfonamides is 1. The number of aromatic amines is 1. The van der Waals surface area contributed by atoms with Crippen LogP contribution in [0.15, 0.2) is 43.5 Å². The lowest BCUT2D eigenvalue weighted by atomic mass is 10.0. The van der Waals surface area contributed by atoms with Crippen molar-refractivity contribution in [2.75, 3.05) is 11.1 Å². The zero-order chi connectivity index (χ0) is 25.2. The van der Waals surface area contributed by atoms with Crippen LogP contribution in [0.3, 0.4) is 0 Å². The number of H-pyrrole nitrogens is 1. The summed E-state index contributed by atoms with van der Waals surface area (Å²) in [5, 5.41) is 28.5. The molecule has 0 spiro atoms. The minimum atomic E-state index is -3.87. The SMILES string of the molecule is CC(Sc1nc(N)c(C#N)c(-c2c(=O)o[nH][n+]2C)c1C#N)C(=O)Nc1ccc(S(N)(=O)=O)cc1. The average molecular weight is 502 g/mol. The van der Waals surface area contributed by atoms with Crippen molar-refractivity contribution in [1.29, 1.82) is 10.5 Å². The van der Waals surface area contributed by atoms with E-state index in [-0.39, 0.29) is 38.1 Å². The number of benzene rings is 1. The smallest absolute Gasteiger partial charge is 0.383 e. The molecule has 3 aromatic rings. The van der Waals surface area contributed by atoms with Crippen LogP contribution in [0.4, 0.5) is 11.5 Å². The molecule has 0 aliphatic rings. The summed E-state index contributed by atoms with van der Waals surface area (Å²) in [4.78, 5) is 28.9. The van der Waals surface area contributed by atoms with Crippen LogP contribution in [-0.2, 0) is 21.9 Å². The Hall–Kier alpha value is -4.18. The molecule has 1 atom stereocenters. The summed E-state index contributed by atoms with van der Waals surface area (Å²) in [5.74, 6) is -0.721. The third kappa shape index (κ3) is 4.76. The zero-order valence-corrected chi connectivity index (χ0v) is 19.3. The number of nitrogen functional groups attached to an aromatic ring is 1. The fourth-order valence-electron chi connectivity index (χ4n) is 2.92. The molecule has 34 heavy (non-hydrogen) atoms. The molecule has 0 bridgehead atoms. The molecule has 15 heteroatoms. The number of rotatable bonds is 6. The first-order chi connectivity index (χ1) is 16.0. The van der Waals surface area contributed by atoms with Crippen molar-refractivity contribution in [3.05, 3.63) is 45.8 Å². The lowest BCUT2D eigenvalue weighted by molar-refractivity contribution is -0.730. The summed E-state index contributed by atoms with van der Waals surface area (Å²) in [7, 11) is -2.43. The number of nitriles is 2. The van der Waals surface area contributed by atoms with Gasteiger partial charge in [-0.2, -0.15) is 10.5 Å². The van der Waals surface area contributed by atoms with Gasteiger partial charge in [-0.25, -0.2) is 23.3 Å². The van der Waals surface area contributed by atoms with Crippen LogP contribution in [0.5, 0.6) is 0 Å². The number of carbonyl (C=O) groups is 1. The van der Waals surface area contributed by atoms with Crippen LogP contribution >= 0.6 is 11.8 Å². The van der Waals surface area contributed by atoms with E-state index >= 15 is 0 Å². The molecule has 0 aliphatic heterocycles. The number of hydrogen-bond acceptors (Lipinski definition) is 10. The monoisotopic (exact) mass is 501 g/mol. The molecule has 2 aromatic heterocycles. The zero-order valence-electron chi connectivity index (χ0n) is 17.7. The third-order valence-corrected chi connectivity index (χ3v) is 6.58. The number of hydrogen-bond donors (Lipinski definition) is 4. The van der Waals surface area contributed by atoms with E-state index in [4.69, 9.17) is 15.4 Å². The van der Waals surface area contributed by atoms with Crippen LogP contribution < -0.4 is 26.5 Å². The van der Waals surface area contributed by atoms with Gasteiger partial charge in [-0.05, 0) is 36.5 Å². The van der Waals surface area contributed by atoms with Crippen molar-refractivity contribution in [3.8, 4) is 23.4 Å². The maximum Gasteiger partial charge on any atom is 0.435 e. The van der Waals surface area contributed by atoms with Crippen LogP contribution in [0.25, 0.3) is 11.3 Å².